The molecule has 2 aromatic rings. The van der Waals surface area contributed by atoms with E-state index >= 15 is 0 Å². The molecule has 1 N–H and O–H groups in total. The van der Waals surface area contributed by atoms with Crippen molar-refractivity contribution in [3.05, 3.63) is 71.8 Å². The summed E-state index contributed by atoms with van der Waals surface area (Å²) in [7, 11) is 0. The molecule has 0 aliphatic rings. The largest absolute Gasteiger partial charge is 0.462 e. The van der Waals surface area contributed by atoms with Crippen molar-refractivity contribution in [2.24, 2.45) is 0 Å². The lowest BCUT2D eigenvalue weighted by atomic mass is 10.2. The number of rotatable bonds is 8. The Balaban J connectivity index is 1.84. The summed E-state index contributed by atoms with van der Waals surface area (Å²) in [6.07, 6.45) is 6.24. The van der Waals surface area contributed by atoms with E-state index < -0.39 is 0 Å². The summed E-state index contributed by atoms with van der Waals surface area (Å²) >= 11 is 0. The fourth-order valence-electron chi connectivity index (χ4n) is 2.21. The molecule has 1 amide bonds. The van der Waals surface area contributed by atoms with Crippen molar-refractivity contribution in [1.29, 1.82) is 0 Å². The highest BCUT2D eigenvalue weighted by Crippen LogP contribution is 2.11. The molecule has 2 rings (SSSR count). The molecule has 0 aliphatic carbocycles. The highest BCUT2D eigenvalue weighted by atomic mass is 16.5. The molecule has 0 radical (unpaired) electrons. The maximum atomic E-state index is 11.9. The van der Waals surface area contributed by atoms with Crippen molar-refractivity contribution in [1.82, 2.24) is 0 Å². The van der Waals surface area contributed by atoms with Crippen molar-refractivity contribution in [2.45, 2.75) is 26.2 Å². The van der Waals surface area contributed by atoms with Crippen LogP contribution in [0.4, 0.5) is 5.69 Å². The Morgan fingerprint density at radius 3 is 2.40 bits per heavy atom. The van der Waals surface area contributed by atoms with Crippen LogP contribution in [0, 0.1) is 0 Å². The Hall–Kier alpha value is -2.88. The van der Waals surface area contributed by atoms with Crippen molar-refractivity contribution < 1.29 is 14.3 Å². The lowest BCUT2D eigenvalue weighted by molar-refractivity contribution is -0.111. The van der Waals surface area contributed by atoms with E-state index in [1.54, 1.807) is 30.3 Å². The van der Waals surface area contributed by atoms with E-state index in [0.29, 0.717) is 17.9 Å². The third kappa shape index (κ3) is 6.63. The molecule has 25 heavy (non-hydrogen) atoms. The molecule has 130 valence electrons. The number of carbonyl (C=O) groups excluding carboxylic acids is 2. The SMILES string of the molecule is CCCCCOC(=O)c1ccc(NC(=O)/C=C/c2ccccc2)cc1. The van der Waals surface area contributed by atoms with Gasteiger partial charge in [-0.05, 0) is 42.3 Å². The molecule has 4 nitrogen and oxygen atoms in total. The molecular formula is C21H23NO3. The second-order valence-electron chi connectivity index (χ2n) is 5.65. The zero-order valence-corrected chi connectivity index (χ0v) is 14.4. The van der Waals surface area contributed by atoms with E-state index in [9.17, 15) is 9.59 Å². The molecule has 0 unspecified atom stereocenters. The van der Waals surface area contributed by atoms with Crippen LogP contribution >= 0.6 is 0 Å². The summed E-state index contributed by atoms with van der Waals surface area (Å²) in [6, 6.07) is 16.3. The van der Waals surface area contributed by atoms with Crippen LogP contribution in [0.5, 0.6) is 0 Å². The van der Waals surface area contributed by atoms with Gasteiger partial charge in [-0.25, -0.2) is 4.79 Å². The minimum absolute atomic E-state index is 0.223. The molecule has 0 aliphatic heterocycles. The molecule has 0 saturated carbocycles. The molecule has 0 fully saturated rings. The quantitative estimate of drug-likeness (QED) is 0.432. The van der Waals surface area contributed by atoms with Crippen LogP contribution in [0.25, 0.3) is 6.08 Å². The lowest BCUT2D eigenvalue weighted by Gasteiger charge is -2.06. The van der Waals surface area contributed by atoms with Crippen LogP contribution in [0.1, 0.15) is 42.1 Å². The highest BCUT2D eigenvalue weighted by Gasteiger charge is 2.07. The summed E-state index contributed by atoms with van der Waals surface area (Å²) in [6.45, 7) is 2.54. The Morgan fingerprint density at radius 1 is 1.00 bits per heavy atom. The Labute approximate surface area is 148 Å². The number of ether oxygens (including phenoxy) is 1. The van der Waals surface area contributed by atoms with E-state index in [1.165, 1.54) is 6.08 Å². The molecule has 0 saturated heterocycles. The van der Waals surface area contributed by atoms with E-state index in [4.69, 9.17) is 4.74 Å². The van der Waals surface area contributed by atoms with Gasteiger partial charge in [0.05, 0.1) is 12.2 Å². The van der Waals surface area contributed by atoms with E-state index in [2.05, 4.69) is 12.2 Å². The number of nitrogens with one attached hydrogen (secondary N) is 1. The fraction of sp³-hybridized carbons (Fsp3) is 0.238. The first-order valence-corrected chi connectivity index (χ1v) is 8.50. The standard InChI is InChI=1S/C21H23NO3/c1-2-3-7-16-25-21(24)18-11-13-19(14-12-18)22-20(23)15-10-17-8-5-4-6-9-17/h4-6,8-15H,2-3,7,16H2,1H3,(H,22,23)/b15-10+. The molecule has 0 spiro atoms. The minimum Gasteiger partial charge on any atom is -0.462 e. The first-order valence-electron chi connectivity index (χ1n) is 8.50. The normalized spacial score (nSPS) is 10.6. The number of hydrogen-bond donors (Lipinski definition) is 1. The van der Waals surface area contributed by atoms with Crippen LogP contribution in [-0.4, -0.2) is 18.5 Å². The van der Waals surface area contributed by atoms with Crippen LogP contribution in [0.15, 0.2) is 60.7 Å². The smallest absolute Gasteiger partial charge is 0.338 e. The minimum atomic E-state index is -0.335. The van der Waals surface area contributed by atoms with Gasteiger partial charge in [0, 0.05) is 11.8 Å². The predicted octanol–water partition coefficient (Wildman–Crippen LogP) is 4.69. The molecule has 2 aromatic carbocycles. The van der Waals surface area contributed by atoms with Crippen molar-refractivity contribution in [3.8, 4) is 0 Å². The van der Waals surface area contributed by atoms with Crippen LogP contribution in [-0.2, 0) is 9.53 Å². The van der Waals surface area contributed by atoms with Gasteiger partial charge in [0.15, 0.2) is 0 Å². The van der Waals surface area contributed by atoms with Crippen molar-refractivity contribution >= 4 is 23.6 Å². The maximum Gasteiger partial charge on any atom is 0.338 e. The third-order valence-electron chi connectivity index (χ3n) is 3.60. The number of hydrogen-bond acceptors (Lipinski definition) is 3. The fourth-order valence-corrected chi connectivity index (χ4v) is 2.21. The Morgan fingerprint density at radius 2 is 1.72 bits per heavy atom. The van der Waals surface area contributed by atoms with Gasteiger partial charge in [0.2, 0.25) is 5.91 Å². The summed E-state index contributed by atoms with van der Waals surface area (Å²) in [4.78, 5) is 23.8. The van der Waals surface area contributed by atoms with E-state index in [-0.39, 0.29) is 11.9 Å². The molecule has 0 aromatic heterocycles. The van der Waals surface area contributed by atoms with Gasteiger partial charge in [-0.1, -0.05) is 50.1 Å². The third-order valence-corrected chi connectivity index (χ3v) is 3.60. The van der Waals surface area contributed by atoms with Gasteiger partial charge in [-0.2, -0.15) is 0 Å². The number of amides is 1. The topological polar surface area (TPSA) is 55.4 Å². The van der Waals surface area contributed by atoms with Crippen LogP contribution < -0.4 is 5.32 Å². The number of esters is 1. The second-order valence-corrected chi connectivity index (χ2v) is 5.65. The van der Waals surface area contributed by atoms with Crippen molar-refractivity contribution in [2.75, 3.05) is 11.9 Å². The van der Waals surface area contributed by atoms with E-state index in [1.807, 2.05) is 30.3 Å². The Bertz CT molecular complexity index is 706. The van der Waals surface area contributed by atoms with Gasteiger partial charge < -0.3 is 10.1 Å². The van der Waals surface area contributed by atoms with Gasteiger partial charge in [0.25, 0.3) is 0 Å². The van der Waals surface area contributed by atoms with Gasteiger partial charge in [0.1, 0.15) is 0 Å². The molecule has 0 atom stereocenters. The van der Waals surface area contributed by atoms with Crippen molar-refractivity contribution in [3.63, 3.8) is 0 Å². The predicted molar refractivity (Wildman–Crippen MR) is 100 cm³/mol. The van der Waals surface area contributed by atoms with Gasteiger partial charge in [-0.3, -0.25) is 4.79 Å². The van der Waals surface area contributed by atoms with E-state index in [0.717, 1.165) is 24.8 Å². The summed E-state index contributed by atoms with van der Waals surface area (Å²) in [5, 5.41) is 2.76. The number of benzene rings is 2. The molecular weight excluding hydrogens is 314 g/mol. The highest BCUT2D eigenvalue weighted by molar-refractivity contribution is 6.02. The maximum absolute atomic E-state index is 11.9. The average Bonchev–Trinajstić information content (AvgIpc) is 2.65. The number of unbranched alkanes of at least 4 members (excludes halogenated alkanes) is 2. The summed E-state index contributed by atoms with van der Waals surface area (Å²) in [5.74, 6) is -0.559. The first-order chi connectivity index (χ1) is 12.2. The summed E-state index contributed by atoms with van der Waals surface area (Å²) < 4.78 is 5.20. The number of anilines is 1. The first kappa shape index (κ1) is 18.5. The zero-order valence-electron chi connectivity index (χ0n) is 14.4. The molecule has 4 heteroatoms. The Kier molecular flexibility index (Phi) is 7.44. The average molecular weight is 337 g/mol. The number of carbonyl (C=O) groups is 2. The van der Waals surface area contributed by atoms with Crippen LogP contribution in [0.3, 0.4) is 0 Å². The zero-order chi connectivity index (χ0) is 17.9. The van der Waals surface area contributed by atoms with Gasteiger partial charge >= 0.3 is 5.97 Å². The molecule has 0 heterocycles. The van der Waals surface area contributed by atoms with Gasteiger partial charge in [-0.15, -0.1) is 0 Å². The summed E-state index contributed by atoms with van der Waals surface area (Å²) in [5.41, 5.74) is 2.07. The second kappa shape index (κ2) is 10.1. The molecule has 0 bridgehead atoms. The monoisotopic (exact) mass is 337 g/mol. The lowest BCUT2D eigenvalue weighted by Crippen LogP contribution is -2.09. The van der Waals surface area contributed by atoms with Crippen LogP contribution in [0.2, 0.25) is 0 Å².